The van der Waals surface area contributed by atoms with Gasteiger partial charge in [0, 0.05) is 5.56 Å². The molecule has 1 fully saturated rings. The third-order valence-corrected chi connectivity index (χ3v) is 5.52. The Hall–Kier alpha value is -3.72. The van der Waals surface area contributed by atoms with Crippen molar-refractivity contribution >= 4 is 40.6 Å². The molecule has 0 spiro atoms. The number of phenolic OH excluding ortho intramolecular Hbond substituents is 1. The summed E-state index contributed by atoms with van der Waals surface area (Å²) in [5.74, 6) is -0.409. The number of rotatable bonds is 8. The Bertz CT molecular complexity index is 1110. The van der Waals surface area contributed by atoms with Gasteiger partial charge in [0.15, 0.2) is 11.5 Å². The second-order valence-corrected chi connectivity index (χ2v) is 7.73. The molecule has 1 aliphatic heterocycles. The maximum absolute atomic E-state index is 12.8. The van der Waals surface area contributed by atoms with Crippen LogP contribution in [0.5, 0.6) is 17.2 Å². The number of phenols is 1. The zero-order chi connectivity index (χ0) is 23.3. The molecule has 0 saturated carbocycles. The van der Waals surface area contributed by atoms with Gasteiger partial charge in [0.2, 0.25) is 5.91 Å². The molecule has 2 aromatic carbocycles. The van der Waals surface area contributed by atoms with Crippen LogP contribution >= 0.6 is 11.8 Å². The monoisotopic (exact) mass is 454 g/mol. The van der Waals surface area contributed by atoms with Crippen molar-refractivity contribution in [1.82, 2.24) is 4.90 Å². The molecule has 0 bridgehead atoms. The molecule has 0 aliphatic carbocycles. The summed E-state index contributed by atoms with van der Waals surface area (Å²) in [6, 6.07) is 10.1. The molecule has 8 nitrogen and oxygen atoms in total. The Kier molecular flexibility index (Phi) is 7.21. The zero-order valence-electron chi connectivity index (χ0n) is 17.6. The number of hydrogen-bond acceptors (Lipinski definition) is 7. The minimum atomic E-state index is -0.576. The molecule has 0 unspecified atom stereocenters. The number of carbonyl (C=O) groups is 3. The smallest absolute Gasteiger partial charge is 0.294 e. The molecule has 1 saturated heterocycles. The van der Waals surface area contributed by atoms with E-state index in [0.717, 1.165) is 16.7 Å². The third-order valence-electron chi connectivity index (χ3n) is 4.61. The molecule has 0 atom stereocenters. The summed E-state index contributed by atoms with van der Waals surface area (Å²) in [5.41, 5.74) is 1.58. The van der Waals surface area contributed by atoms with E-state index in [9.17, 15) is 19.5 Å². The number of nitrogens with one attached hydrogen (secondary N) is 1. The molecule has 0 radical (unpaired) electrons. The number of benzene rings is 2. The van der Waals surface area contributed by atoms with Gasteiger partial charge in [-0.1, -0.05) is 18.2 Å². The molecule has 1 aliphatic rings. The number of carbonyl (C=O) groups excluding carboxylic acids is 3. The number of amides is 3. The van der Waals surface area contributed by atoms with Crippen LogP contribution in [0.2, 0.25) is 0 Å². The summed E-state index contributed by atoms with van der Waals surface area (Å²) in [5, 5.41) is 12.3. The number of allylic oxidation sites excluding steroid dienone is 1. The van der Waals surface area contributed by atoms with Crippen LogP contribution < -0.4 is 14.8 Å². The van der Waals surface area contributed by atoms with Crippen molar-refractivity contribution in [1.29, 1.82) is 0 Å². The molecule has 32 heavy (non-hydrogen) atoms. The summed E-state index contributed by atoms with van der Waals surface area (Å²) >= 11 is 0.740. The van der Waals surface area contributed by atoms with Crippen LogP contribution in [0.4, 0.5) is 10.5 Å². The van der Waals surface area contributed by atoms with E-state index in [1.54, 1.807) is 42.5 Å². The minimum Gasteiger partial charge on any atom is -0.504 e. The van der Waals surface area contributed by atoms with Gasteiger partial charge >= 0.3 is 0 Å². The normalized spacial score (nSPS) is 14.6. The number of anilines is 1. The van der Waals surface area contributed by atoms with E-state index >= 15 is 0 Å². The summed E-state index contributed by atoms with van der Waals surface area (Å²) in [4.78, 5) is 38.6. The van der Waals surface area contributed by atoms with Gasteiger partial charge in [-0.3, -0.25) is 19.3 Å². The van der Waals surface area contributed by atoms with Crippen molar-refractivity contribution in [3.8, 4) is 17.2 Å². The number of para-hydroxylation sites is 2. The number of nitrogens with zero attached hydrogens (tertiary/aromatic N) is 1. The Labute approximate surface area is 189 Å². The molecule has 9 heteroatoms. The summed E-state index contributed by atoms with van der Waals surface area (Å²) in [6.07, 6.45) is 3.55. The van der Waals surface area contributed by atoms with E-state index in [1.807, 2.05) is 0 Å². The molecule has 2 aromatic rings. The molecule has 2 N–H and O–H groups in total. The van der Waals surface area contributed by atoms with Crippen LogP contribution in [0.3, 0.4) is 0 Å². The lowest BCUT2D eigenvalue weighted by molar-refractivity contribution is -0.127. The van der Waals surface area contributed by atoms with E-state index in [-0.39, 0.29) is 16.4 Å². The fraction of sp³-hybridized carbons (Fsp3) is 0.174. The molecule has 1 heterocycles. The molecule has 0 aromatic heterocycles. The van der Waals surface area contributed by atoms with Gasteiger partial charge in [0.1, 0.15) is 12.3 Å². The van der Waals surface area contributed by atoms with Crippen molar-refractivity contribution in [2.45, 2.75) is 6.42 Å². The Morgan fingerprint density at radius 2 is 1.91 bits per heavy atom. The number of aromatic hydroxyl groups is 1. The first kappa shape index (κ1) is 23.0. The first-order valence-corrected chi connectivity index (χ1v) is 10.4. The minimum absolute atomic E-state index is 0.00864. The van der Waals surface area contributed by atoms with Gasteiger partial charge in [-0.2, -0.15) is 0 Å². The largest absolute Gasteiger partial charge is 0.504 e. The van der Waals surface area contributed by atoms with E-state index < -0.39 is 23.6 Å². The highest BCUT2D eigenvalue weighted by atomic mass is 32.2. The quantitative estimate of drug-likeness (QED) is 0.462. The Balaban J connectivity index is 1.78. The topological polar surface area (TPSA) is 105 Å². The average molecular weight is 455 g/mol. The van der Waals surface area contributed by atoms with Gasteiger partial charge in [-0.15, -0.1) is 6.58 Å². The summed E-state index contributed by atoms with van der Waals surface area (Å²) in [7, 11) is 2.90. The highest BCUT2D eigenvalue weighted by Gasteiger charge is 2.36. The number of ether oxygens (including phenoxy) is 2. The second-order valence-electron chi connectivity index (χ2n) is 6.74. The maximum Gasteiger partial charge on any atom is 0.294 e. The van der Waals surface area contributed by atoms with Crippen molar-refractivity contribution in [2.75, 3.05) is 26.1 Å². The van der Waals surface area contributed by atoms with Crippen molar-refractivity contribution < 1.29 is 29.0 Å². The lowest BCUT2D eigenvalue weighted by Gasteiger charge is -2.14. The predicted molar refractivity (Wildman–Crippen MR) is 123 cm³/mol. The van der Waals surface area contributed by atoms with E-state index in [4.69, 9.17) is 9.47 Å². The lowest BCUT2D eigenvalue weighted by Crippen LogP contribution is -2.36. The Morgan fingerprint density at radius 1 is 1.19 bits per heavy atom. The SMILES string of the molecule is C=CCc1cc(/C=C2\SC(=O)N(CC(=O)Nc3ccccc3OC)C2=O)cc(OC)c1O. The van der Waals surface area contributed by atoms with Crippen molar-refractivity contribution in [3.05, 3.63) is 65.1 Å². The van der Waals surface area contributed by atoms with Gasteiger partial charge in [-0.25, -0.2) is 0 Å². The Morgan fingerprint density at radius 3 is 2.59 bits per heavy atom. The highest BCUT2D eigenvalue weighted by Crippen LogP contribution is 2.36. The highest BCUT2D eigenvalue weighted by molar-refractivity contribution is 8.18. The number of methoxy groups -OCH3 is 2. The fourth-order valence-electron chi connectivity index (χ4n) is 3.11. The molecular formula is C23H22N2O6S. The predicted octanol–water partition coefficient (Wildman–Crippen LogP) is 3.81. The van der Waals surface area contributed by atoms with Crippen LogP contribution in [0.25, 0.3) is 6.08 Å². The van der Waals surface area contributed by atoms with Crippen molar-refractivity contribution in [3.63, 3.8) is 0 Å². The van der Waals surface area contributed by atoms with E-state index in [1.165, 1.54) is 20.3 Å². The van der Waals surface area contributed by atoms with Gasteiger partial charge in [-0.05, 0) is 54.1 Å². The zero-order valence-corrected chi connectivity index (χ0v) is 18.4. The standard InChI is InChI=1S/C23H22N2O6S/c1-4-7-15-10-14(11-18(31-3)21(15)27)12-19-22(28)25(23(29)32-19)13-20(26)24-16-8-5-6-9-17(16)30-2/h4-6,8-12,27H,1,7,13H2,2-3H3,(H,24,26)/b19-12-. The van der Waals surface area contributed by atoms with Gasteiger partial charge < -0.3 is 19.9 Å². The van der Waals surface area contributed by atoms with Crippen LogP contribution in [-0.2, 0) is 16.0 Å². The summed E-state index contributed by atoms with van der Waals surface area (Å²) in [6.45, 7) is 3.23. The van der Waals surface area contributed by atoms with Crippen molar-refractivity contribution in [2.24, 2.45) is 0 Å². The van der Waals surface area contributed by atoms with Gasteiger partial charge in [0.25, 0.3) is 11.1 Å². The second kappa shape index (κ2) is 10.1. The molecule has 3 amide bonds. The van der Waals surface area contributed by atoms with Crippen LogP contribution in [0, 0.1) is 0 Å². The first-order valence-electron chi connectivity index (χ1n) is 9.57. The molecule has 166 valence electrons. The fourth-order valence-corrected chi connectivity index (χ4v) is 3.95. The average Bonchev–Trinajstić information content (AvgIpc) is 3.03. The van der Waals surface area contributed by atoms with Gasteiger partial charge in [0.05, 0.1) is 24.8 Å². The first-order chi connectivity index (χ1) is 15.4. The van der Waals surface area contributed by atoms with E-state index in [2.05, 4.69) is 11.9 Å². The van der Waals surface area contributed by atoms with Crippen LogP contribution in [0.15, 0.2) is 54.0 Å². The third kappa shape index (κ3) is 4.94. The maximum atomic E-state index is 12.8. The molecule has 3 rings (SSSR count). The summed E-state index contributed by atoms with van der Waals surface area (Å²) < 4.78 is 10.4. The number of hydrogen-bond donors (Lipinski definition) is 2. The molecular weight excluding hydrogens is 432 g/mol. The number of imide groups is 1. The van der Waals surface area contributed by atoms with E-state index in [0.29, 0.717) is 29.0 Å². The van der Waals surface area contributed by atoms with Crippen LogP contribution in [0.1, 0.15) is 11.1 Å². The number of thioether (sulfide) groups is 1. The van der Waals surface area contributed by atoms with Crippen LogP contribution in [-0.4, -0.2) is 47.8 Å². The lowest BCUT2D eigenvalue weighted by atomic mass is 10.1.